The molecule has 0 radical (unpaired) electrons. The number of halogens is 1. The van der Waals surface area contributed by atoms with Crippen molar-refractivity contribution >= 4 is 6.03 Å². The van der Waals surface area contributed by atoms with Crippen LogP contribution in [-0.4, -0.2) is 20.9 Å². The number of fused-ring (bicyclic) bond motifs is 1. The van der Waals surface area contributed by atoms with E-state index in [9.17, 15) is 14.3 Å². The quantitative estimate of drug-likeness (QED) is 0.545. The van der Waals surface area contributed by atoms with Gasteiger partial charge >= 0.3 is 6.03 Å². The number of aryl methyl sites for hydroxylation is 1. The van der Waals surface area contributed by atoms with Gasteiger partial charge in [-0.2, -0.15) is 5.10 Å². The maximum Gasteiger partial charge on any atom is 0.315 e. The van der Waals surface area contributed by atoms with Crippen LogP contribution in [0.1, 0.15) is 62.2 Å². The fraction of sp³-hybridized carbons (Fsp3) is 0.360. The number of urea groups is 1. The Morgan fingerprint density at radius 1 is 1.22 bits per heavy atom. The maximum atomic E-state index is 13.8. The molecular formula is C25H29FN4O2. The van der Waals surface area contributed by atoms with E-state index in [0.717, 1.165) is 41.8 Å². The smallest absolute Gasteiger partial charge is 0.315 e. The second kappa shape index (κ2) is 8.65. The van der Waals surface area contributed by atoms with E-state index in [0.29, 0.717) is 5.69 Å². The molecule has 1 unspecified atom stereocenters. The van der Waals surface area contributed by atoms with E-state index in [1.54, 1.807) is 28.9 Å². The van der Waals surface area contributed by atoms with E-state index < -0.39 is 0 Å². The Labute approximate surface area is 187 Å². The number of hydrogen-bond acceptors (Lipinski definition) is 3. The van der Waals surface area contributed by atoms with Gasteiger partial charge in [0.1, 0.15) is 11.6 Å². The van der Waals surface area contributed by atoms with Crippen LogP contribution in [-0.2, 0) is 18.4 Å². The Bertz CT molecular complexity index is 1130. The molecule has 168 valence electrons. The predicted octanol–water partition coefficient (Wildman–Crippen LogP) is 4.89. The van der Waals surface area contributed by atoms with E-state index in [2.05, 4.69) is 36.5 Å². The molecule has 1 aliphatic rings. The molecular weight excluding hydrogens is 407 g/mol. The molecule has 1 atom stereocenters. The van der Waals surface area contributed by atoms with Crippen LogP contribution < -0.4 is 10.6 Å². The van der Waals surface area contributed by atoms with Gasteiger partial charge in [-0.1, -0.05) is 32.9 Å². The van der Waals surface area contributed by atoms with Gasteiger partial charge in [0.05, 0.1) is 29.7 Å². The first kappa shape index (κ1) is 21.9. The number of benzene rings is 2. The number of phenolic OH excluding ortho intramolecular Hbond substituents is 1. The van der Waals surface area contributed by atoms with Crippen LogP contribution in [0.3, 0.4) is 0 Å². The molecule has 7 heteroatoms. The van der Waals surface area contributed by atoms with Crippen molar-refractivity contribution in [2.24, 2.45) is 0 Å². The van der Waals surface area contributed by atoms with Crippen LogP contribution in [0.15, 0.2) is 48.5 Å². The Hall–Kier alpha value is -3.35. The predicted molar refractivity (Wildman–Crippen MR) is 121 cm³/mol. The van der Waals surface area contributed by atoms with Gasteiger partial charge < -0.3 is 15.7 Å². The molecule has 0 bridgehead atoms. The SMILES string of the molecule is CC(C)(C)c1cc(CNC(=O)NC2CCCc3ccc(O)cc32)n(-c2cccc(F)c2)n1. The molecule has 4 rings (SSSR count). The van der Waals surface area contributed by atoms with Gasteiger partial charge in [0.25, 0.3) is 0 Å². The molecule has 6 nitrogen and oxygen atoms in total. The molecule has 3 N–H and O–H groups in total. The van der Waals surface area contributed by atoms with Crippen molar-refractivity contribution in [1.29, 1.82) is 0 Å². The van der Waals surface area contributed by atoms with Crippen LogP contribution in [0.4, 0.5) is 9.18 Å². The molecule has 0 saturated carbocycles. The van der Waals surface area contributed by atoms with Crippen molar-refractivity contribution in [1.82, 2.24) is 20.4 Å². The fourth-order valence-corrected chi connectivity index (χ4v) is 4.06. The molecule has 32 heavy (non-hydrogen) atoms. The van der Waals surface area contributed by atoms with Gasteiger partial charge in [0.15, 0.2) is 0 Å². The summed E-state index contributed by atoms with van der Waals surface area (Å²) in [5.74, 6) is -0.141. The second-order valence-corrected chi connectivity index (χ2v) is 9.32. The van der Waals surface area contributed by atoms with Crippen LogP contribution in [0.2, 0.25) is 0 Å². The molecule has 0 fully saturated rings. The summed E-state index contributed by atoms with van der Waals surface area (Å²) >= 11 is 0. The Morgan fingerprint density at radius 3 is 2.78 bits per heavy atom. The van der Waals surface area contributed by atoms with E-state index >= 15 is 0 Å². The molecule has 1 aliphatic carbocycles. The summed E-state index contributed by atoms with van der Waals surface area (Å²) in [6.07, 6.45) is 2.74. The number of aromatic nitrogens is 2. The number of rotatable bonds is 4. The lowest BCUT2D eigenvalue weighted by atomic mass is 9.87. The van der Waals surface area contributed by atoms with E-state index in [1.165, 1.54) is 12.1 Å². The van der Waals surface area contributed by atoms with E-state index in [-0.39, 0.29) is 35.6 Å². The van der Waals surface area contributed by atoms with Crippen molar-refractivity contribution < 1.29 is 14.3 Å². The first-order chi connectivity index (χ1) is 15.2. The van der Waals surface area contributed by atoms with Crippen molar-refractivity contribution in [3.8, 4) is 11.4 Å². The number of amides is 2. The minimum atomic E-state index is -0.342. The summed E-state index contributed by atoms with van der Waals surface area (Å²) in [5.41, 5.74) is 4.15. The Kier molecular flexibility index (Phi) is 5.91. The Morgan fingerprint density at radius 2 is 2.03 bits per heavy atom. The number of carbonyl (C=O) groups excluding carboxylic acids is 1. The minimum Gasteiger partial charge on any atom is -0.508 e. The summed E-state index contributed by atoms with van der Waals surface area (Å²) < 4.78 is 15.5. The molecule has 0 spiro atoms. The molecule has 0 aliphatic heterocycles. The van der Waals surface area contributed by atoms with Crippen molar-refractivity contribution in [2.45, 2.75) is 58.0 Å². The highest BCUT2D eigenvalue weighted by Crippen LogP contribution is 2.32. The van der Waals surface area contributed by atoms with E-state index in [4.69, 9.17) is 0 Å². The number of aromatic hydroxyl groups is 1. The molecule has 2 amide bonds. The first-order valence-corrected chi connectivity index (χ1v) is 10.9. The van der Waals surface area contributed by atoms with Gasteiger partial charge in [0.2, 0.25) is 0 Å². The average Bonchev–Trinajstić information content (AvgIpc) is 3.18. The normalized spacial score (nSPS) is 15.8. The number of phenols is 1. The lowest BCUT2D eigenvalue weighted by Crippen LogP contribution is -2.39. The van der Waals surface area contributed by atoms with Crippen LogP contribution >= 0.6 is 0 Å². The number of carbonyl (C=O) groups is 1. The molecule has 0 saturated heterocycles. The summed E-state index contributed by atoms with van der Waals surface area (Å²) in [7, 11) is 0. The molecule has 2 aromatic carbocycles. The van der Waals surface area contributed by atoms with Crippen molar-refractivity contribution in [3.05, 3.63) is 76.9 Å². The fourth-order valence-electron chi connectivity index (χ4n) is 4.06. The van der Waals surface area contributed by atoms with E-state index in [1.807, 2.05) is 12.1 Å². The van der Waals surface area contributed by atoms with Crippen LogP contribution in [0, 0.1) is 5.82 Å². The van der Waals surface area contributed by atoms with Gasteiger partial charge in [-0.05, 0) is 66.8 Å². The maximum absolute atomic E-state index is 13.8. The average molecular weight is 437 g/mol. The monoisotopic (exact) mass is 436 g/mol. The first-order valence-electron chi connectivity index (χ1n) is 10.9. The summed E-state index contributed by atoms with van der Waals surface area (Å²) in [6.45, 7) is 6.42. The third-order valence-corrected chi connectivity index (χ3v) is 5.78. The second-order valence-electron chi connectivity index (χ2n) is 9.32. The summed E-state index contributed by atoms with van der Waals surface area (Å²) in [5, 5.41) is 20.5. The lowest BCUT2D eigenvalue weighted by molar-refractivity contribution is 0.235. The minimum absolute atomic E-state index is 0.149. The van der Waals surface area contributed by atoms with Crippen molar-refractivity contribution in [3.63, 3.8) is 0 Å². The van der Waals surface area contributed by atoms with Crippen molar-refractivity contribution in [2.75, 3.05) is 0 Å². The third-order valence-electron chi connectivity index (χ3n) is 5.78. The number of hydrogen-bond donors (Lipinski definition) is 3. The van der Waals surface area contributed by atoms with Crippen LogP contribution in [0.25, 0.3) is 5.69 Å². The molecule has 1 aromatic heterocycles. The number of nitrogens with one attached hydrogen (secondary N) is 2. The third kappa shape index (κ3) is 4.77. The number of nitrogens with zero attached hydrogens (tertiary/aromatic N) is 2. The van der Waals surface area contributed by atoms with Gasteiger partial charge in [0, 0.05) is 5.41 Å². The topological polar surface area (TPSA) is 79.2 Å². The lowest BCUT2D eigenvalue weighted by Gasteiger charge is -2.26. The standard InChI is InChI=1S/C25H29FN4O2/c1-25(2,3)23-13-19(30(29-23)18-8-5-7-17(26)12-18)15-27-24(32)28-22-9-4-6-16-10-11-20(31)14-21(16)22/h5,7-8,10-14,22,31H,4,6,9,15H2,1-3H3,(H2,27,28,32). The highest BCUT2D eigenvalue weighted by atomic mass is 19.1. The zero-order valence-electron chi connectivity index (χ0n) is 18.7. The zero-order chi connectivity index (χ0) is 22.9. The van der Waals surface area contributed by atoms with Gasteiger partial charge in [-0.3, -0.25) is 0 Å². The summed E-state index contributed by atoms with van der Waals surface area (Å²) in [4.78, 5) is 12.7. The molecule has 3 aromatic rings. The van der Waals surface area contributed by atoms with Gasteiger partial charge in [-0.25, -0.2) is 13.9 Å². The largest absolute Gasteiger partial charge is 0.508 e. The highest BCUT2D eigenvalue weighted by Gasteiger charge is 2.24. The van der Waals surface area contributed by atoms with Gasteiger partial charge in [-0.15, -0.1) is 0 Å². The summed E-state index contributed by atoms with van der Waals surface area (Å²) in [6, 6.07) is 13.1. The highest BCUT2D eigenvalue weighted by molar-refractivity contribution is 5.74. The molecule has 1 heterocycles. The van der Waals surface area contributed by atoms with Crippen LogP contribution in [0.5, 0.6) is 5.75 Å². The Balaban J connectivity index is 1.51. The zero-order valence-corrected chi connectivity index (χ0v) is 18.7.